The van der Waals surface area contributed by atoms with E-state index in [1.807, 2.05) is 20.8 Å². The number of nitrogens with one attached hydrogen (secondary N) is 2. The predicted molar refractivity (Wildman–Crippen MR) is 69.5 cm³/mol. The fourth-order valence-corrected chi connectivity index (χ4v) is 2.21. The molecular weight excluding hydrogens is 238 g/mol. The highest BCUT2D eigenvalue weighted by Crippen LogP contribution is 2.07. The van der Waals surface area contributed by atoms with E-state index in [0.29, 0.717) is 12.2 Å². The largest absolute Gasteiger partial charge is 0.313 e. The summed E-state index contributed by atoms with van der Waals surface area (Å²) in [4.78, 5) is 4.03. The minimum absolute atomic E-state index is 0.0546. The number of aromatic nitrogens is 1. The molecule has 0 saturated carbocycles. The molecule has 0 fully saturated rings. The smallest absolute Gasteiger partial charge is 0.234 e. The summed E-state index contributed by atoms with van der Waals surface area (Å²) >= 11 is 0. The van der Waals surface area contributed by atoms with Gasteiger partial charge in [0.15, 0.2) is 0 Å². The normalized spacial score (nSPS) is 11.8. The first kappa shape index (κ1) is 13.9. The van der Waals surface area contributed by atoms with Gasteiger partial charge in [0.05, 0.1) is 17.6 Å². The summed E-state index contributed by atoms with van der Waals surface area (Å²) in [5, 5.41) is 3.06. The quantitative estimate of drug-likeness (QED) is 0.801. The van der Waals surface area contributed by atoms with Gasteiger partial charge in [0.1, 0.15) is 0 Å². The van der Waals surface area contributed by atoms with Gasteiger partial charge in [0.2, 0.25) is 10.0 Å². The second-order valence-corrected chi connectivity index (χ2v) is 6.06. The number of rotatable bonds is 6. The first-order chi connectivity index (χ1) is 7.89. The van der Waals surface area contributed by atoms with Crippen LogP contribution in [0.1, 0.15) is 19.5 Å². The van der Waals surface area contributed by atoms with Crippen molar-refractivity contribution in [2.45, 2.75) is 26.8 Å². The standard InChI is InChI=1S/C11H19N3O2S/c1-9(2)12-6-7-17(15,16)14-11-5-4-10(3)13-8-11/h4-5,8-9,12,14H,6-7H2,1-3H3. The van der Waals surface area contributed by atoms with Gasteiger partial charge < -0.3 is 5.32 Å². The molecule has 0 aliphatic heterocycles. The second-order valence-electron chi connectivity index (χ2n) is 4.22. The van der Waals surface area contributed by atoms with Gasteiger partial charge in [0.25, 0.3) is 0 Å². The maximum Gasteiger partial charge on any atom is 0.234 e. The Morgan fingerprint density at radius 2 is 2.06 bits per heavy atom. The van der Waals surface area contributed by atoms with Crippen molar-refractivity contribution in [3.05, 3.63) is 24.0 Å². The van der Waals surface area contributed by atoms with Crippen LogP contribution in [0.25, 0.3) is 0 Å². The molecule has 5 nitrogen and oxygen atoms in total. The summed E-state index contributed by atoms with van der Waals surface area (Å²) in [6.45, 7) is 6.24. The molecule has 0 bridgehead atoms. The molecule has 0 aromatic carbocycles. The maximum atomic E-state index is 11.7. The highest BCUT2D eigenvalue weighted by atomic mass is 32.2. The van der Waals surface area contributed by atoms with E-state index in [0.717, 1.165) is 5.69 Å². The molecule has 0 spiro atoms. The fourth-order valence-electron chi connectivity index (χ4n) is 1.24. The molecule has 1 heterocycles. The topological polar surface area (TPSA) is 71.1 Å². The van der Waals surface area contributed by atoms with Crippen LogP contribution in [0.4, 0.5) is 5.69 Å². The van der Waals surface area contributed by atoms with Gasteiger partial charge in [0, 0.05) is 18.3 Å². The molecular formula is C11H19N3O2S. The molecule has 0 atom stereocenters. The molecule has 2 N–H and O–H groups in total. The summed E-state index contributed by atoms with van der Waals surface area (Å²) in [6.07, 6.45) is 1.52. The highest BCUT2D eigenvalue weighted by Gasteiger charge is 2.10. The predicted octanol–water partition coefficient (Wildman–Crippen LogP) is 1.13. The van der Waals surface area contributed by atoms with Gasteiger partial charge in [-0.1, -0.05) is 13.8 Å². The van der Waals surface area contributed by atoms with E-state index in [4.69, 9.17) is 0 Å². The van der Waals surface area contributed by atoms with Crippen LogP contribution in [0.2, 0.25) is 0 Å². The summed E-state index contributed by atoms with van der Waals surface area (Å²) in [5.41, 5.74) is 1.36. The Bertz CT molecular complexity index is 440. The molecule has 17 heavy (non-hydrogen) atoms. The van der Waals surface area contributed by atoms with Crippen LogP contribution in [0.15, 0.2) is 18.3 Å². The van der Waals surface area contributed by atoms with Crippen LogP contribution in [0, 0.1) is 6.92 Å². The van der Waals surface area contributed by atoms with E-state index in [-0.39, 0.29) is 11.8 Å². The third-order valence-electron chi connectivity index (χ3n) is 2.11. The number of hydrogen-bond donors (Lipinski definition) is 2. The monoisotopic (exact) mass is 257 g/mol. The lowest BCUT2D eigenvalue weighted by atomic mass is 10.4. The van der Waals surface area contributed by atoms with E-state index >= 15 is 0 Å². The molecule has 0 aliphatic carbocycles. The molecule has 1 rings (SSSR count). The SMILES string of the molecule is Cc1ccc(NS(=O)(=O)CCNC(C)C)cn1. The van der Waals surface area contributed by atoms with Gasteiger partial charge in [-0.2, -0.15) is 0 Å². The van der Waals surface area contributed by atoms with Crippen molar-refractivity contribution < 1.29 is 8.42 Å². The van der Waals surface area contributed by atoms with Crippen molar-refractivity contribution in [1.82, 2.24) is 10.3 Å². The first-order valence-electron chi connectivity index (χ1n) is 5.55. The number of hydrogen-bond acceptors (Lipinski definition) is 4. The van der Waals surface area contributed by atoms with E-state index in [9.17, 15) is 8.42 Å². The maximum absolute atomic E-state index is 11.7. The minimum atomic E-state index is -3.30. The first-order valence-corrected chi connectivity index (χ1v) is 7.21. The Labute approximate surface area is 103 Å². The number of aryl methyl sites for hydroxylation is 1. The Morgan fingerprint density at radius 3 is 2.59 bits per heavy atom. The van der Waals surface area contributed by atoms with Gasteiger partial charge >= 0.3 is 0 Å². The van der Waals surface area contributed by atoms with Crippen molar-refractivity contribution in [3.8, 4) is 0 Å². The zero-order chi connectivity index (χ0) is 12.9. The number of pyridine rings is 1. The van der Waals surface area contributed by atoms with Crippen molar-refractivity contribution in [3.63, 3.8) is 0 Å². The van der Waals surface area contributed by atoms with Crippen molar-refractivity contribution >= 4 is 15.7 Å². The Kier molecular flexibility index (Phi) is 4.89. The van der Waals surface area contributed by atoms with E-state index in [1.165, 1.54) is 6.20 Å². The zero-order valence-electron chi connectivity index (χ0n) is 10.4. The van der Waals surface area contributed by atoms with Crippen molar-refractivity contribution in [2.75, 3.05) is 17.0 Å². The minimum Gasteiger partial charge on any atom is -0.313 e. The van der Waals surface area contributed by atoms with Crippen LogP contribution >= 0.6 is 0 Å². The van der Waals surface area contributed by atoms with E-state index in [2.05, 4.69) is 15.0 Å². The molecule has 0 aliphatic rings. The number of sulfonamides is 1. The van der Waals surface area contributed by atoms with Crippen LogP contribution in [0.5, 0.6) is 0 Å². The molecule has 96 valence electrons. The molecule has 6 heteroatoms. The van der Waals surface area contributed by atoms with Crippen LogP contribution in [0.3, 0.4) is 0 Å². The summed E-state index contributed by atoms with van der Waals surface area (Å²) in [7, 11) is -3.30. The number of anilines is 1. The van der Waals surface area contributed by atoms with Crippen molar-refractivity contribution in [1.29, 1.82) is 0 Å². The number of nitrogens with zero attached hydrogens (tertiary/aromatic N) is 1. The zero-order valence-corrected chi connectivity index (χ0v) is 11.2. The lowest BCUT2D eigenvalue weighted by Crippen LogP contribution is -2.30. The third-order valence-corrected chi connectivity index (χ3v) is 3.40. The molecule has 0 amide bonds. The molecule has 0 saturated heterocycles. The lowest BCUT2D eigenvalue weighted by molar-refractivity contribution is 0.582. The molecule has 1 aromatic heterocycles. The van der Waals surface area contributed by atoms with Crippen molar-refractivity contribution in [2.24, 2.45) is 0 Å². The molecule has 1 aromatic rings. The molecule has 0 radical (unpaired) electrons. The Hall–Kier alpha value is -1.14. The Morgan fingerprint density at radius 1 is 1.35 bits per heavy atom. The van der Waals surface area contributed by atoms with Crippen LogP contribution in [-0.4, -0.2) is 31.7 Å². The average molecular weight is 257 g/mol. The van der Waals surface area contributed by atoms with Crippen LogP contribution < -0.4 is 10.0 Å². The van der Waals surface area contributed by atoms with Gasteiger partial charge in [-0.15, -0.1) is 0 Å². The van der Waals surface area contributed by atoms with E-state index < -0.39 is 10.0 Å². The highest BCUT2D eigenvalue weighted by molar-refractivity contribution is 7.92. The third kappa shape index (κ3) is 5.65. The lowest BCUT2D eigenvalue weighted by Gasteiger charge is -2.10. The summed E-state index contributed by atoms with van der Waals surface area (Å²) < 4.78 is 25.9. The average Bonchev–Trinajstić information content (AvgIpc) is 2.20. The summed E-state index contributed by atoms with van der Waals surface area (Å²) in [6, 6.07) is 3.76. The molecule has 0 unspecified atom stereocenters. The van der Waals surface area contributed by atoms with Gasteiger partial charge in [-0.05, 0) is 19.1 Å². The fraction of sp³-hybridized carbons (Fsp3) is 0.545. The summed E-state index contributed by atoms with van der Waals surface area (Å²) in [5.74, 6) is 0.0546. The Balaban J connectivity index is 2.52. The van der Waals surface area contributed by atoms with E-state index in [1.54, 1.807) is 12.1 Å². The van der Waals surface area contributed by atoms with Crippen LogP contribution in [-0.2, 0) is 10.0 Å². The second kappa shape index (κ2) is 5.97. The van der Waals surface area contributed by atoms with Gasteiger partial charge in [-0.25, -0.2) is 8.42 Å². The van der Waals surface area contributed by atoms with Gasteiger partial charge in [-0.3, -0.25) is 9.71 Å².